The summed E-state index contributed by atoms with van der Waals surface area (Å²) in [6, 6.07) is 5.50. The third kappa shape index (κ3) is 5.41. The molecule has 142 valence electrons. The average Bonchev–Trinajstić information content (AvgIpc) is 2.59. The predicted molar refractivity (Wildman–Crippen MR) is 91.5 cm³/mol. The molecule has 0 aliphatic heterocycles. The zero-order chi connectivity index (χ0) is 19.3. The van der Waals surface area contributed by atoms with E-state index in [1.54, 1.807) is 0 Å². The van der Waals surface area contributed by atoms with Gasteiger partial charge in [0.15, 0.2) is 0 Å². The Labute approximate surface area is 150 Å². The summed E-state index contributed by atoms with van der Waals surface area (Å²) in [5.74, 6) is 0.718. The molecular formula is C19H22F4N2O. The lowest BCUT2D eigenvalue weighted by atomic mass is 10.00. The minimum absolute atomic E-state index is 0.0162. The fourth-order valence-corrected chi connectivity index (χ4v) is 2.73. The van der Waals surface area contributed by atoms with E-state index in [0.717, 1.165) is 12.5 Å². The Morgan fingerprint density at radius 1 is 1.00 bits per heavy atom. The van der Waals surface area contributed by atoms with Crippen LogP contribution in [0.5, 0.6) is 5.75 Å². The van der Waals surface area contributed by atoms with Crippen LogP contribution in [0.1, 0.15) is 51.4 Å². The fraction of sp³-hybridized carbons (Fsp3) is 0.474. The van der Waals surface area contributed by atoms with Gasteiger partial charge in [-0.15, -0.1) is 0 Å². The maximum atomic E-state index is 13.4. The molecule has 0 fully saturated rings. The van der Waals surface area contributed by atoms with Gasteiger partial charge in [-0.1, -0.05) is 20.8 Å². The summed E-state index contributed by atoms with van der Waals surface area (Å²) in [5, 5.41) is 0. The van der Waals surface area contributed by atoms with Crippen LogP contribution in [0.3, 0.4) is 0 Å². The standard InChI is InChI=1S/C19H22F4N2O/c1-11(2)8-12(3)10-26-16-5-4-14(25-17(16)19(22)23)13-6-7-24-15(9-13)18(20)21/h4-7,9,11-12,18-19H,8,10H2,1-3H3/t12-/m0/s1. The quantitative estimate of drug-likeness (QED) is 0.528. The Hall–Kier alpha value is -2.18. The van der Waals surface area contributed by atoms with E-state index in [1.165, 1.54) is 24.4 Å². The summed E-state index contributed by atoms with van der Waals surface area (Å²) in [6.07, 6.45) is -3.45. The number of alkyl halides is 4. The van der Waals surface area contributed by atoms with Crippen molar-refractivity contribution in [2.75, 3.05) is 6.61 Å². The molecule has 0 aliphatic rings. The van der Waals surface area contributed by atoms with E-state index in [9.17, 15) is 17.6 Å². The first-order valence-corrected chi connectivity index (χ1v) is 8.44. The van der Waals surface area contributed by atoms with Crippen molar-refractivity contribution < 1.29 is 22.3 Å². The lowest BCUT2D eigenvalue weighted by Gasteiger charge is -2.17. The van der Waals surface area contributed by atoms with E-state index in [-0.39, 0.29) is 17.4 Å². The monoisotopic (exact) mass is 370 g/mol. The van der Waals surface area contributed by atoms with Gasteiger partial charge in [0, 0.05) is 11.8 Å². The summed E-state index contributed by atoms with van der Waals surface area (Å²) in [7, 11) is 0. The lowest BCUT2D eigenvalue weighted by Crippen LogP contribution is -2.12. The lowest BCUT2D eigenvalue weighted by molar-refractivity contribution is 0.137. The van der Waals surface area contributed by atoms with Crippen molar-refractivity contribution >= 4 is 0 Å². The summed E-state index contributed by atoms with van der Waals surface area (Å²) in [6.45, 7) is 6.47. The van der Waals surface area contributed by atoms with Crippen LogP contribution >= 0.6 is 0 Å². The molecular weight excluding hydrogens is 348 g/mol. The molecule has 0 aliphatic carbocycles. The largest absolute Gasteiger partial charge is 0.491 e. The SMILES string of the molecule is CC(C)C[C@H](C)COc1ccc(-c2ccnc(C(F)F)c2)nc1C(F)F. The predicted octanol–water partition coefficient (Wildman–Crippen LogP) is 6.08. The molecule has 26 heavy (non-hydrogen) atoms. The Morgan fingerprint density at radius 2 is 1.73 bits per heavy atom. The van der Waals surface area contributed by atoms with Crippen molar-refractivity contribution in [3.05, 3.63) is 41.9 Å². The maximum absolute atomic E-state index is 13.4. The molecule has 0 radical (unpaired) electrons. The summed E-state index contributed by atoms with van der Waals surface area (Å²) in [4.78, 5) is 7.50. The highest BCUT2D eigenvalue weighted by molar-refractivity contribution is 5.60. The number of rotatable bonds is 8. The maximum Gasteiger partial charge on any atom is 0.284 e. The van der Waals surface area contributed by atoms with Gasteiger partial charge in [0.1, 0.15) is 17.1 Å². The summed E-state index contributed by atoms with van der Waals surface area (Å²) >= 11 is 0. The Balaban J connectivity index is 2.24. The highest BCUT2D eigenvalue weighted by atomic mass is 19.3. The molecule has 0 spiro atoms. The Bertz CT molecular complexity index is 722. The molecule has 0 aromatic carbocycles. The van der Waals surface area contributed by atoms with E-state index < -0.39 is 24.2 Å². The van der Waals surface area contributed by atoms with Crippen molar-refractivity contribution in [1.82, 2.24) is 9.97 Å². The molecule has 0 unspecified atom stereocenters. The molecule has 0 saturated carbocycles. The molecule has 2 heterocycles. The Kier molecular flexibility index (Phi) is 6.94. The molecule has 2 aromatic rings. The first-order chi connectivity index (χ1) is 12.3. The first-order valence-electron chi connectivity index (χ1n) is 8.44. The van der Waals surface area contributed by atoms with Crippen LogP contribution in [0.4, 0.5) is 17.6 Å². The van der Waals surface area contributed by atoms with Crippen LogP contribution in [-0.4, -0.2) is 16.6 Å². The van der Waals surface area contributed by atoms with Crippen molar-refractivity contribution in [3.8, 4) is 17.0 Å². The minimum atomic E-state index is -2.83. The van der Waals surface area contributed by atoms with Gasteiger partial charge in [0.05, 0.1) is 12.3 Å². The second-order valence-electron chi connectivity index (χ2n) is 6.70. The van der Waals surface area contributed by atoms with Crippen LogP contribution in [0.15, 0.2) is 30.5 Å². The third-order valence-electron chi connectivity index (χ3n) is 3.79. The third-order valence-corrected chi connectivity index (χ3v) is 3.79. The number of nitrogens with zero attached hydrogens (tertiary/aromatic N) is 2. The molecule has 2 rings (SSSR count). The van der Waals surface area contributed by atoms with Crippen molar-refractivity contribution in [1.29, 1.82) is 0 Å². The second-order valence-corrected chi connectivity index (χ2v) is 6.70. The van der Waals surface area contributed by atoms with Crippen molar-refractivity contribution in [3.63, 3.8) is 0 Å². The second kappa shape index (κ2) is 8.96. The van der Waals surface area contributed by atoms with E-state index >= 15 is 0 Å². The number of hydrogen-bond acceptors (Lipinski definition) is 3. The van der Waals surface area contributed by atoms with Gasteiger partial charge in [0.25, 0.3) is 12.9 Å². The van der Waals surface area contributed by atoms with Crippen LogP contribution in [0.25, 0.3) is 11.3 Å². The van der Waals surface area contributed by atoms with E-state index in [2.05, 4.69) is 23.8 Å². The van der Waals surface area contributed by atoms with Gasteiger partial charge < -0.3 is 4.74 Å². The average molecular weight is 370 g/mol. The molecule has 1 atom stereocenters. The summed E-state index contributed by atoms with van der Waals surface area (Å²) in [5.41, 5.74) is -0.440. The van der Waals surface area contributed by atoms with Crippen LogP contribution in [0, 0.1) is 11.8 Å². The first kappa shape index (κ1) is 20.1. The van der Waals surface area contributed by atoms with Crippen LogP contribution in [-0.2, 0) is 0 Å². The van der Waals surface area contributed by atoms with Gasteiger partial charge in [0.2, 0.25) is 0 Å². The van der Waals surface area contributed by atoms with Gasteiger partial charge in [-0.2, -0.15) is 0 Å². The van der Waals surface area contributed by atoms with Gasteiger partial charge in [-0.25, -0.2) is 22.5 Å². The van der Waals surface area contributed by atoms with Crippen molar-refractivity contribution in [2.24, 2.45) is 11.8 Å². The van der Waals surface area contributed by atoms with Crippen LogP contribution < -0.4 is 4.74 Å². The summed E-state index contributed by atoms with van der Waals surface area (Å²) < 4.78 is 57.9. The van der Waals surface area contributed by atoms with E-state index in [0.29, 0.717) is 18.1 Å². The van der Waals surface area contributed by atoms with Crippen molar-refractivity contribution in [2.45, 2.75) is 40.0 Å². The molecule has 0 amide bonds. The minimum Gasteiger partial charge on any atom is -0.491 e. The fourth-order valence-electron chi connectivity index (χ4n) is 2.73. The van der Waals surface area contributed by atoms with Gasteiger partial charge in [-0.3, -0.25) is 4.98 Å². The van der Waals surface area contributed by atoms with Crippen LogP contribution in [0.2, 0.25) is 0 Å². The highest BCUT2D eigenvalue weighted by Crippen LogP contribution is 2.31. The number of hydrogen-bond donors (Lipinski definition) is 0. The highest BCUT2D eigenvalue weighted by Gasteiger charge is 2.19. The Morgan fingerprint density at radius 3 is 2.35 bits per heavy atom. The molecule has 0 N–H and O–H groups in total. The number of halogens is 4. The topological polar surface area (TPSA) is 35.0 Å². The molecule has 3 nitrogen and oxygen atoms in total. The molecule has 7 heteroatoms. The molecule has 2 aromatic heterocycles. The molecule has 0 bridgehead atoms. The zero-order valence-electron chi connectivity index (χ0n) is 14.9. The normalized spacial score (nSPS) is 12.8. The van der Waals surface area contributed by atoms with Gasteiger partial charge in [-0.05, 0) is 42.5 Å². The van der Waals surface area contributed by atoms with Gasteiger partial charge >= 0.3 is 0 Å². The number of ether oxygens (including phenoxy) is 1. The number of aromatic nitrogens is 2. The van der Waals surface area contributed by atoms with E-state index in [1.807, 2.05) is 6.92 Å². The zero-order valence-corrected chi connectivity index (χ0v) is 14.9. The van der Waals surface area contributed by atoms with E-state index in [4.69, 9.17) is 4.74 Å². The molecule has 0 saturated heterocycles. The number of pyridine rings is 2. The smallest absolute Gasteiger partial charge is 0.284 e.